The van der Waals surface area contributed by atoms with Gasteiger partial charge in [0.1, 0.15) is 0 Å². The minimum absolute atomic E-state index is 0.140. The fourth-order valence-electron chi connectivity index (χ4n) is 2.68. The molecule has 1 aliphatic carbocycles. The van der Waals surface area contributed by atoms with Crippen LogP contribution < -0.4 is 5.73 Å². The summed E-state index contributed by atoms with van der Waals surface area (Å²) < 4.78 is 5.94. The van der Waals surface area contributed by atoms with Gasteiger partial charge in [-0.05, 0) is 43.1 Å². The van der Waals surface area contributed by atoms with Crippen LogP contribution >= 0.6 is 0 Å². The molecule has 3 N–H and O–H groups in total. The van der Waals surface area contributed by atoms with Gasteiger partial charge < -0.3 is 15.6 Å². The molecule has 0 amide bonds. The predicted octanol–water partition coefficient (Wildman–Crippen LogP) is 2.67. The largest absolute Gasteiger partial charge is 0.368 e. The number of hydrogen-bond acceptors (Lipinski definition) is 3. The van der Waals surface area contributed by atoms with Gasteiger partial charge in [0.15, 0.2) is 6.29 Å². The van der Waals surface area contributed by atoms with E-state index < -0.39 is 6.29 Å². The molecule has 0 aromatic rings. The van der Waals surface area contributed by atoms with E-state index in [1.807, 2.05) is 0 Å². The molecule has 0 bridgehead atoms. The molecule has 0 aromatic heterocycles. The lowest BCUT2D eigenvalue weighted by molar-refractivity contribution is -0.170. The molecule has 1 aliphatic rings. The molecule has 1 rings (SSSR count). The van der Waals surface area contributed by atoms with Crippen molar-refractivity contribution in [3.8, 4) is 0 Å². The van der Waals surface area contributed by atoms with Gasteiger partial charge in [-0.15, -0.1) is 0 Å². The van der Waals surface area contributed by atoms with Crippen LogP contribution in [0.1, 0.15) is 60.3 Å². The molecule has 0 radical (unpaired) electrons. The molecule has 0 aromatic carbocycles. The summed E-state index contributed by atoms with van der Waals surface area (Å²) in [7, 11) is 0. The van der Waals surface area contributed by atoms with Gasteiger partial charge in [0.25, 0.3) is 0 Å². The second-order valence-corrected chi connectivity index (χ2v) is 7.30. The van der Waals surface area contributed by atoms with E-state index in [0.717, 1.165) is 19.3 Å². The van der Waals surface area contributed by atoms with Crippen molar-refractivity contribution in [1.82, 2.24) is 0 Å². The van der Waals surface area contributed by atoms with Crippen molar-refractivity contribution in [3.05, 3.63) is 0 Å². The van der Waals surface area contributed by atoms with E-state index in [1.165, 1.54) is 0 Å². The molecule has 3 heteroatoms. The van der Waals surface area contributed by atoms with Gasteiger partial charge in [-0.3, -0.25) is 0 Å². The van der Waals surface area contributed by atoms with E-state index in [1.54, 1.807) is 0 Å². The van der Waals surface area contributed by atoms with Crippen molar-refractivity contribution in [2.45, 2.75) is 72.2 Å². The minimum Gasteiger partial charge on any atom is -0.368 e. The summed E-state index contributed by atoms with van der Waals surface area (Å²) in [6, 6.07) is 0. The Morgan fingerprint density at radius 3 is 2.24 bits per heavy atom. The maximum absolute atomic E-state index is 9.91. The number of rotatable bonds is 6. The summed E-state index contributed by atoms with van der Waals surface area (Å²) >= 11 is 0. The second-order valence-electron chi connectivity index (χ2n) is 7.30. The van der Waals surface area contributed by atoms with E-state index in [9.17, 15) is 5.11 Å². The molecule has 1 saturated carbocycles. The second kappa shape index (κ2) is 4.87. The zero-order chi connectivity index (χ0) is 13.3. The Morgan fingerprint density at radius 2 is 1.88 bits per heavy atom. The van der Waals surface area contributed by atoms with Crippen LogP contribution in [0.25, 0.3) is 0 Å². The highest BCUT2D eigenvalue weighted by atomic mass is 16.6. The van der Waals surface area contributed by atoms with Gasteiger partial charge in [0.2, 0.25) is 0 Å². The first kappa shape index (κ1) is 14.9. The molecule has 1 fully saturated rings. The average molecular weight is 243 g/mol. The predicted molar refractivity (Wildman–Crippen MR) is 70.6 cm³/mol. The van der Waals surface area contributed by atoms with Crippen molar-refractivity contribution in [3.63, 3.8) is 0 Å². The SMILES string of the molecule is CC(C)(C)CC1(OC(O)CCCN)CC1(C)C. The Kier molecular flexibility index (Phi) is 4.28. The zero-order valence-electron chi connectivity index (χ0n) is 12.0. The van der Waals surface area contributed by atoms with E-state index in [0.29, 0.717) is 13.0 Å². The Morgan fingerprint density at radius 1 is 1.35 bits per heavy atom. The van der Waals surface area contributed by atoms with Crippen molar-refractivity contribution < 1.29 is 9.84 Å². The average Bonchev–Trinajstić information content (AvgIpc) is 2.60. The summed E-state index contributed by atoms with van der Waals surface area (Å²) in [6.07, 6.45) is 2.82. The fourth-order valence-corrected chi connectivity index (χ4v) is 2.68. The minimum atomic E-state index is -0.664. The number of nitrogens with two attached hydrogens (primary N) is 1. The van der Waals surface area contributed by atoms with Crippen LogP contribution in [0.3, 0.4) is 0 Å². The molecular formula is C14H29NO2. The Hall–Kier alpha value is -0.120. The Labute approximate surface area is 106 Å². The molecule has 0 heterocycles. The van der Waals surface area contributed by atoms with Crippen LogP contribution in [-0.4, -0.2) is 23.5 Å². The standard InChI is InChI=1S/C14H29NO2/c1-12(2,3)9-14(10-13(14,4)5)17-11(16)7-6-8-15/h11,16H,6-10,15H2,1-5H3. The third-order valence-corrected chi connectivity index (χ3v) is 3.67. The van der Waals surface area contributed by atoms with Crippen LogP contribution in [0.2, 0.25) is 0 Å². The van der Waals surface area contributed by atoms with Crippen molar-refractivity contribution >= 4 is 0 Å². The number of hydrogen-bond donors (Lipinski definition) is 2. The quantitative estimate of drug-likeness (QED) is 0.705. The summed E-state index contributed by atoms with van der Waals surface area (Å²) in [5.41, 5.74) is 5.71. The first-order valence-electron chi connectivity index (χ1n) is 6.68. The van der Waals surface area contributed by atoms with Crippen molar-refractivity contribution in [2.75, 3.05) is 6.54 Å². The lowest BCUT2D eigenvalue weighted by Crippen LogP contribution is -2.32. The van der Waals surface area contributed by atoms with Gasteiger partial charge in [0, 0.05) is 0 Å². The highest BCUT2D eigenvalue weighted by Gasteiger charge is 2.64. The highest BCUT2D eigenvalue weighted by Crippen LogP contribution is 2.63. The molecule has 17 heavy (non-hydrogen) atoms. The third-order valence-electron chi connectivity index (χ3n) is 3.67. The zero-order valence-corrected chi connectivity index (χ0v) is 12.0. The molecule has 2 atom stereocenters. The normalized spacial score (nSPS) is 29.1. The van der Waals surface area contributed by atoms with E-state index >= 15 is 0 Å². The summed E-state index contributed by atoms with van der Waals surface area (Å²) in [4.78, 5) is 0. The summed E-state index contributed by atoms with van der Waals surface area (Å²) in [5.74, 6) is 0. The summed E-state index contributed by atoms with van der Waals surface area (Å²) in [6.45, 7) is 11.7. The smallest absolute Gasteiger partial charge is 0.155 e. The number of aliphatic hydroxyl groups excluding tert-OH is 1. The van der Waals surface area contributed by atoms with Gasteiger partial charge in [-0.2, -0.15) is 0 Å². The van der Waals surface area contributed by atoms with Crippen LogP contribution in [-0.2, 0) is 4.74 Å². The number of ether oxygens (including phenoxy) is 1. The maximum atomic E-state index is 9.91. The highest BCUT2D eigenvalue weighted by molar-refractivity contribution is 5.14. The van der Waals surface area contributed by atoms with Crippen molar-refractivity contribution in [2.24, 2.45) is 16.6 Å². The van der Waals surface area contributed by atoms with E-state index in [-0.39, 0.29) is 16.4 Å². The third kappa shape index (κ3) is 3.94. The molecule has 0 aliphatic heterocycles. The molecule has 3 nitrogen and oxygen atoms in total. The lowest BCUT2D eigenvalue weighted by atomic mass is 9.85. The van der Waals surface area contributed by atoms with Gasteiger partial charge in [0.05, 0.1) is 5.60 Å². The lowest BCUT2D eigenvalue weighted by Gasteiger charge is -2.31. The monoisotopic (exact) mass is 243 g/mol. The van der Waals surface area contributed by atoms with Crippen molar-refractivity contribution in [1.29, 1.82) is 0 Å². The summed E-state index contributed by atoms with van der Waals surface area (Å²) in [5, 5.41) is 9.91. The molecular weight excluding hydrogens is 214 g/mol. The van der Waals surface area contributed by atoms with Crippen LogP contribution in [0.15, 0.2) is 0 Å². The van der Waals surface area contributed by atoms with Crippen LogP contribution in [0.4, 0.5) is 0 Å². The first-order chi connectivity index (χ1) is 7.62. The number of aliphatic hydroxyl groups is 1. The molecule has 0 spiro atoms. The maximum Gasteiger partial charge on any atom is 0.155 e. The van der Waals surface area contributed by atoms with E-state index in [2.05, 4.69) is 34.6 Å². The van der Waals surface area contributed by atoms with E-state index in [4.69, 9.17) is 10.5 Å². The van der Waals surface area contributed by atoms with Crippen LogP contribution in [0.5, 0.6) is 0 Å². The van der Waals surface area contributed by atoms with Crippen LogP contribution in [0, 0.1) is 10.8 Å². The van der Waals surface area contributed by atoms with Gasteiger partial charge in [-0.25, -0.2) is 0 Å². The molecule has 0 saturated heterocycles. The molecule has 102 valence electrons. The topological polar surface area (TPSA) is 55.5 Å². The molecule has 2 unspecified atom stereocenters. The Bertz CT molecular complexity index is 257. The van der Waals surface area contributed by atoms with Gasteiger partial charge in [-0.1, -0.05) is 34.6 Å². The first-order valence-corrected chi connectivity index (χ1v) is 6.68. The fraction of sp³-hybridized carbons (Fsp3) is 1.00. The Balaban J connectivity index is 2.57. The van der Waals surface area contributed by atoms with Gasteiger partial charge >= 0.3 is 0 Å².